The summed E-state index contributed by atoms with van der Waals surface area (Å²) in [5.74, 6) is 0.377. The summed E-state index contributed by atoms with van der Waals surface area (Å²) in [6.07, 6.45) is 6.13. The van der Waals surface area contributed by atoms with Gasteiger partial charge < -0.3 is 4.42 Å². The number of hydrogen-bond acceptors (Lipinski definition) is 2. The van der Waals surface area contributed by atoms with Crippen LogP contribution in [-0.2, 0) is 0 Å². The van der Waals surface area contributed by atoms with Crippen molar-refractivity contribution in [3.63, 3.8) is 0 Å². The van der Waals surface area contributed by atoms with Gasteiger partial charge in [0.05, 0.1) is 6.20 Å². The molecule has 0 N–H and O–H groups in total. The lowest BCUT2D eigenvalue weighted by Crippen LogP contribution is -1.94. The van der Waals surface area contributed by atoms with Gasteiger partial charge in [0, 0.05) is 5.57 Å². The third kappa shape index (κ3) is 1.54. The molecule has 0 unspecified atom stereocenters. The van der Waals surface area contributed by atoms with Gasteiger partial charge in [0.2, 0.25) is 5.89 Å². The largest absolute Gasteiger partial charge is 0.445 e. The highest BCUT2D eigenvalue weighted by Crippen LogP contribution is 2.29. The van der Waals surface area contributed by atoms with Crippen LogP contribution in [0.3, 0.4) is 0 Å². The van der Waals surface area contributed by atoms with Crippen molar-refractivity contribution in [1.82, 2.24) is 4.98 Å². The highest BCUT2D eigenvalue weighted by atomic mass is 19.1. The molecule has 1 aliphatic carbocycles. The summed E-state index contributed by atoms with van der Waals surface area (Å²) in [7, 11) is 0. The Labute approximate surface area is 75.8 Å². The second-order valence-electron chi connectivity index (χ2n) is 3.14. The number of halogens is 1. The summed E-state index contributed by atoms with van der Waals surface area (Å²) in [6.45, 7) is 1.80. The fourth-order valence-electron chi connectivity index (χ4n) is 1.34. The summed E-state index contributed by atoms with van der Waals surface area (Å²) in [4.78, 5) is 3.98. The van der Waals surface area contributed by atoms with Gasteiger partial charge in [-0.05, 0) is 31.4 Å². The third-order valence-electron chi connectivity index (χ3n) is 2.19. The van der Waals surface area contributed by atoms with Gasteiger partial charge >= 0.3 is 0 Å². The van der Waals surface area contributed by atoms with Gasteiger partial charge in [-0.25, -0.2) is 9.37 Å². The van der Waals surface area contributed by atoms with E-state index in [1.54, 1.807) is 13.1 Å². The Balaban J connectivity index is 2.33. The lowest BCUT2D eigenvalue weighted by Gasteiger charge is -2.10. The Kier molecular flexibility index (Phi) is 2.00. The molecule has 0 amide bonds. The van der Waals surface area contributed by atoms with Crippen LogP contribution >= 0.6 is 0 Å². The monoisotopic (exact) mass is 179 g/mol. The van der Waals surface area contributed by atoms with Crippen LogP contribution in [-0.4, -0.2) is 4.98 Å². The van der Waals surface area contributed by atoms with Crippen molar-refractivity contribution in [1.29, 1.82) is 0 Å². The van der Waals surface area contributed by atoms with Crippen LogP contribution in [0.5, 0.6) is 0 Å². The van der Waals surface area contributed by atoms with Crippen molar-refractivity contribution in [2.75, 3.05) is 0 Å². The lowest BCUT2D eigenvalue weighted by molar-refractivity contribution is 0.536. The fraction of sp³-hybridized carbons (Fsp3) is 0.300. The molecule has 1 aromatic heterocycles. The molecule has 0 atom stereocenters. The van der Waals surface area contributed by atoms with E-state index < -0.39 is 0 Å². The van der Waals surface area contributed by atoms with Crippen LogP contribution in [0.15, 0.2) is 34.4 Å². The van der Waals surface area contributed by atoms with Crippen LogP contribution in [0, 0.1) is 0 Å². The molecule has 1 heterocycles. The summed E-state index contributed by atoms with van der Waals surface area (Å²) in [5.41, 5.74) is 1.64. The molecule has 0 aromatic carbocycles. The average molecular weight is 179 g/mol. The first-order valence-corrected chi connectivity index (χ1v) is 4.23. The Bertz CT molecular complexity index is 362. The molecule has 1 aromatic rings. The molecule has 0 saturated heterocycles. The van der Waals surface area contributed by atoms with Crippen molar-refractivity contribution < 1.29 is 8.81 Å². The molecule has 0 spiro atoms. The second-order valence-corrected chi connectivity index (χ2v) is 3.14. The van der Waals surface area contributed by atoms with E-state index in [1.165, 1.54) is 12.3 Å². The first-order valence-electron chi connectivity index (χ1n) is 4.23. The molecular formula is C10H10FNO. The Morgan fingerprint density at radius 2 is 2.31 bits per heavy atom. The predicted molar refractivity (Wildman–Crippen MR) is 47.5 cm³/mol. The topological polar surface area (TPSA) is 26.0 Å². The molecule has 2 rings (SSSR count). The maximum atomic E-state index is 13.2. The van der Waals surface area contributed by atoms with Gasteiger partial charge in [0.15, 0.2) is 0 Å². The highest BCUT2D eigenvalue weighted by Gasteiger charge is 2.14. The zero-order valence-corrected chi connectivity index (χ0v) is 7.38. The Morgan fingerprint density at radius 1 is 1.46 bits per heavy atom. The van der Waals surface area contributed by atoms with E-state index in [4.69, 9.17) is 4.42 Å². The van der Waals surface area contributed by atoms with E-state index in [0.717, 1.165) is 24.0 Å². The van der Waals surface area contributed by atoms with Crippen LogP contribution in [0.2, 0.25) is 0 Å². The van der Waals surface area contributed by atoms with Crippen molar-refractivity contribution in [3.8, 4) is 0 Å². The molecule has 0 bridgehead atoms. The standard InChI is InChI=1S/C10H10FNO/c1-7-2-3-8(6-9(7)11)10-12-4-5-13-10/h4-6H,2-3H2,1H3. The number of oxazole rings is 1. The van der Waals surface area contributed by atoms with Crippen LogP contribution in [0.4, 0.5) is 4.39 Å². The van der Waals surface area contributed by atoms with Gasteiger partial charge in [0.1, 0.15) is 12.1 Å². The predicted octanol–water partition coefficient (Wildman–Crippen LogP) is 3.10. The Hall–Kier alpha value is -1.38. The maximum absolute atomic E-state index is 13.2. The molecule has 13 heavy (non-hydrogen) atoms. The maximum Gasteiger partial charge on any atom is 0.221 e. The number of allylic oxidation sites excluding steroid dienone is 4. The van der Waals surface area contributed by atoms with Crippen molar-refractivity contribution in [3.05, 3.63) is 35.8 Å². The summed E-state index contributed by atoms with van der Waals surface area (Å²) < 4.78 is 18.2. The SMILES string of the molecule is CC1=C(F)C=C(c2ncco2)CC1. The molecule has 0 fully saturated rings. The molecule has 0 aliphatic heterocycles. The molecule has 2 nitrogen and oxygen atoms in total. The van der Waals surface area contributed by atoms with Gasteiger partial charge in [-0.1, -0.05) is 0 Å². The molecule has 0 radical (unpaired) electrons. The first-order chi connectivity index (χ1) is 6.27. The average Bonchev–Trinajstić information content (AvgIpc) is 2.62. The number of hydrogen-bond donors (Lipinski definition) is 0. The van der Waals surface area contributed by atoms with E-state index in [2.05, 4.69) is 4.98 Å². The highest BCUT2D eigenvalue weighted by molar-refractivity contribution is 5.63. The van der Waals surface area contributed by atoms with E-state index in [9.17, 15) is 4.39 Å². The van der Waals surface area contributed by atoms with Crippen molar-refractivity contribution in [2.45, 2.75) is 19.8 Å². The zero-order chi connectivity index (χ0) is 9.26. The normalized spacial score (nSPS) is 17.5. The first kappa shape index (κ1) is 8.23. The smallest absolute Gasteiger partial charge is 0.221 e. The molecule has 1 aliphatic rings. The van der Waals surface area contributed by atoms with Gasteiger partial charge in [-0.15, -0.1) is 0 Å². The molecular weight excluding hydrogens is 169 g/mol. The second kappa shape index (κ2) is 3.17. The number of nitrogens with zero attached hydrogens (tertiary/aromatic N) is 1. The van der Waals surface area contributed by atoms with E-state index in [1.807, 2.05) is 0 Å². The van der Waals surface area contributed by atoms with Gasteiger partial charge in [-0.2, -0.15) is 0 Å². The Morgan fingerprint density at radius 3 is 2.92 bits per heavy atom. The van der Waals surface area contributed by atoms with E-state index in [-0.39, 0.29) is 5.83 Å². The minimum atomic E-state index is -0.153. The fourth-order valence-corrected chi connectivity index (χ4v) is 1.34. The third-order valence-corrected chi connectivity index (χ3v) is 2.19. The molecule has 0 saturated carbocycles. The van der Waals surface area contributed by atoms with Crippen LogP contribution < -0.4 is 0 Å². The van der Waals surface area contributed by atoms with Gasteiger partial charge in [-0.3, -0.25) is 0 Å². The molecule has 68 valence electrons. The van der Waals surface area contributed by atoms with Crippen molar-refractivity contribution >= 4 is 5.57 Å². The minimum absolute atomic E-state index is 0.153. The summed E-state index contributed by atoms with van der Waals surface area (Å²) in [6, 6.07) is 0. The van der Waals surface area contributed by atoms with E-state index in [0.29, 0.717) is 5.89 Å². The van der Waals surface area contributed by atoms with Crippen LogP contribution in [0.1, 0.15) is 25.7 Å². The number of rotatable bonds is 1. The minimum Gasteiger partial charge on any atom is -0.445 e. The number of aromatic nitrogens is 1. The lowest BCUT2D eigenvalue weighted by atomic mass is 9.99. The van der Waals surface area contributed by atoms with E-state index >= 15 is 0 Å². The quantitative estimate of drug-likeness (QED) is 0.662. The summed E-state index contributed by atoms with van der Waals surface area (Å²) >= 11 is 0. The summed E-state index contributed by atoms with van der Waals surface area (Å²) in [5, 5.41) is 0. The van der Waals surface area contributed by atoms with Gasteiger partial charge in [0.25, 0.3) is 0 Å². The van der Waals surface area contributed by atoms with Crippen LogP contribution in [0.25, 0.3) is 5.57 Å². The van der Waals surface area contributed by atoms with Crippen molar-refractivity contribution in [2.24, 2.45) is 0 Å². The molecule has 3 heteroatoms. The zero-order valence-electron chi connectivity index (χ0n) is 7.38.